The van der Waals surface area contributed by atoms with Crippen molar-refractivity contribution >= 4 is 5.97 Å². The minimum Gasteiger partial charge on any atom is -0.507 e. The molecule has 92 valence electrons. The summed E-state index contributed by atoms with van der Waals surface area (Å²) in [6.45, 7) is 3.75. The van der Waals surface area contributed by atoms with Crippen molar-refractivity contribution in [2.45, 2.75) is 44.9 Å². The molecule has 1 fully saturated rings. The molecule has 3 nitrogen and oxygen atoms in total. The molecule has 3 heteroatoms. The van der Waals surface area contributed by atoms with E-state index in [4.69, 9.17) is 0 Å². The van der Waals surface area contributed by atoms with Gasteiger partial charge in [0.15, 0.2) is 0 Å². The first-order chi connectivity index (χ1) is 7.99. The molecule has 0 atom stereocenters. The van der Waals surface area contributed by atoms with E-state index in [0.29, 0.717) is 18.4 Å². The van der Waals surface area contributed by atoms with Crippen LogP contribution in [-0.4, -0.2) is 16.2 Å². The topological polar surface area (TPSA) is 57.5 Å². The van der Waals surface area contributed by atoms with Crippen LogP contribution in [0.3, 0.4) is 0 Å². The highest BCUT2D eigenvalue weighted by molar-refractivity contribution is 5.83. The number of phenols is 1. The van der Waals surface area contributed by atoms with Gasteiger partial charge in [-0.3, -0.25) is 4.79 Å². The lowest BCUT2D eigenvalue weighted by molar-refractivity contribution is -0.143. The molecule has 0 aromatic heterocycles. The van der Waals surface area contributed by atoms with E-state index in [1.165, 1.54) is 0 Å². The summed E-state index contributed by atoms with van der Waals surface area (Å²) in [6.07, 6.45) is 3.08. The van der Waals surface area contributed by atoms with Crippen molar-refractivity contribution in [1.82, 2.24) is 0 Å². The second-order valence-electron chi connectivity index (χ2n) is 5.00. The Balaban J connectivity index is 2.59. The van der Waals surface area contributed by atoms with Crippen molar-refractivity contribution in [2.75, 3.05) is 0 Å². The molecule has 0 heterocycles. The summed E-state index contributed by atoms with van der Waals surface area (Å²) in [4.78, 5) is 11.6. The minimum atomic E-state index is -0.872. The molecule has 0 aliphatic heterocycles. The largest absolute Gasteiger partial charge is 0.507 e. The summed E-state index contributed by atoms with van der Waals surface area (Å²) in [5, 5.41) is 19.7. The van der Waals surface area contributed by atoms with Gasteiger partial charge in [-0.25, -0.2) is 0 Å². The lowest BCUT2D eigenvalue weighted by Crippen LogP contribution is -2.32. The molecular formula is C14H18O3. The third-order valence-electron chi connectivity index (χ3n) is 4.08. The third-order valence-corrected chi connectivity index (χ3v) is 4.08. The average molecular weight is 234 g/mol. The van der Waals surface area contributed by atoms with Crippen LogP contribution in [0, 0.1) is 13.8 Å². The second-order valence-corrected chi connectivity index (χ2v) is 5.00. The molecule has 0 bridgehead atoms. The van der Waals surface area contributed by atoms with Crippen LogP contribution in [0.25, 0.3) is 0 Å². The van der Waals surface area contributed by atoms with Crippen molar-refractivity contribution < 1.29 is 15.0 Å². The smallest absolute Gasteiger partial charge is 0.314 e. The standard InChI is InChI=1S/C14H18O3/c1-9-5-6-11(12(15)10(9)2)14(13(16)17)7-3-4-8-14/h5-6,15H,3-4,7-8H2,1-2H3,(H,16,17). The zero-order valence-electron chi connectivity index (χ0n) is 10.3. The van der Waals surface area contributed by atoms with Gasteiger partial charge in [-0.1, -0.05) is 25.0 Å². The van der Waals surface area contributed by atoms with Crippen LogP contribution >= 0.6 is 0 Å². The Labute approximate surface area is 101 Å². The maximum Gasteiger partial charge on any atom is 0.314 e. The fourth-order valence-electron chi connectivity index (χ4n) is 2.76. The highest BCUT2D eigenvalue weighted by atomic mass is 16.4. The molecule has 2 N–H and O–H groups in total. The molecule has 0 spiro atoms. The van der Waals surface area contributed by atoms with E-state index in [1.807, 2.05) is 19.9 Å². The summed E-state index contributed by atoms with van der Waals surface area (Å²) in [5.74, 6) is -0.650. The van der Waals surface area contributed by atoms with E-state index >= 15 is 0 Å². The Kier molecular flexibility index (Phi) is 2.86. The zero-order valence-corrected chi connectivity index (χ0v) is 10.3. The summed E-state index contributed by atoms with van der Waals surface area (Å²) < 4.78 is 0. The van der Waals surface area contributed by atoms with E-state index in [9.17, 15) is 15.0 Å². The highest BCUT2D eigenvalue weighted by Gasteiger charge is 2.44. The van der Waals surface area contributed by atoms with Crippen LogP contribution in [0.5, 0.6) is 5.75 Å². The summed E-state index contributed by atoms with van der Waals surface area (Å²) >= 11 is 0. The number of hydrogen-bond donors (Lipinski definition) is 2. The van der Waals surface area contributed by atoms with Gasteiger partial charge in [-0.15, -0.1) is 0 Å². The van der Waals surface area contributed by atoms with Crippen molar-refractivity contribution in [3.63, 3.8) is 0 Å². The SMILES string of the molecule is Cc1ccc(C2(C(=O)O)CCCC2)c(O)c1C. The fourth-order valence-corrected chi connectivity index (χ4v) is 2.76. The van der Waals surface area contributed by atoms with Crippen molar-refractivity contribution in [3.05, 3.63) is 28.8 Å². The van der Waals surface area contributed by atoms with Gasteiger partial charge in [-0.05, 0) is 37.8 Å². The number of carboxylic acids is 1. The first-order valence-corrected chi connectivity index (χ1v) is 6.02. The second kappa shape index (κ2) is 4.06. The first-order valence-electron chi connectivity index (χ1n) is 6.02. The van der Waals surface area contributed by atoms with E-state index in [0.717, 1.165) is 24.0 Å². The van der Waals surface area contributed by atoms with Crippen LogP contribution in [0.4, 0.5) is 0 Å². The monoisotopic (exact) mass is 234 g/mol. The predicted molar refractivity (Wildman–Crippen MR) is 65.4 cm³/mol. The van der Waals surface area contributed by atoms with Crippen LogP contribution < -0.4 is 0 Å². The molecule has 17 heavy (non-hydrogen) atoms. The Morgan fingerprint density at radius 1 is 1.24 bits per heavy atom. The molecule has 0 unspecified atom stereocenters. The maximum atomic E-state index is 11.6. The van der Waals surface area contributed by atoms with Crippen molar-refractivity contribution in [2.24, 2.45) is 0 Å². The summed E-state index contributed by atoms with van der Waals surface area (Å²) in [5.41, 5.74) is 1.49. The number of carbonyl (C=O) groups is 1. The number of aromatic hydroxyl groups is 1. The molecule has 1 aromatic rings. The number of aliphatic carboxylic acids is 1. The van der Waals surface area contributed by atoms with Gasteiger partial charge in [0.05, 0.1) is 5.41 Å². The predicted octanol–water partition coefficient (Wildman–Crippen LogP) is 2.91. The zero-order chi connectivity index (χ0) is 12.6. The molecule has 0 radical (unpaired) electrons. The number of phenolic OH excluding ortho intramolecular Hbond substituents is 1. The van der Waals surface area contributed by atoms with Gasteiger partial charge < -0.3 is 10.2 Å². The van der Waals surface area contributed by atoms with Gasteiger partial charge in [0.25, 0.3) is 0 Å². The fraction of sp³-hybridized carbons (Fsp3) is 0.500. The Hall–Kier alpha value is -1.51. The molecule has 1 aromatic carbocycles. The first kappa shape index (κ1) is 12.0. The Bertz CT molecular complexity index is 457. The highest BCUT2D eigenvalue weighted by Crippen LogP contribution is 2.45. The molecule has 0 amide bonds. The molecular weight excluding hydrogens is 216 g/mol. The lowest BCUT2D eigenvalue weighted by Gasteiger charge is -2.26. The van der Waals surface area contributed by atoms with E-state index in [-0.39, 0.29) is 5.75 Å². The number of aryl methyl sites for hydroxylation is 1. The number of rotatable bonds is 2. The lowest BCUT2D eigenvalue weighted by atomic mass is 9.77. The van der Waals surface area contributed by atoms with Crippen LogP contribution in [0.15, 0.2) is 12.1 Å². The van der Waals surface area contributed by atoms with E-state index in [1.54, 1.807) is 6.07 Å². The number of carboxylic acid groups (broad SMARTS) is 1. The normalized spacial score (nSPS) is 18.2. The van der Waals surface area contributed by atoms with Crippen LogP contribution in [0.2, 0.25) is 0 Å². The van der Waals surface area contributed by atoms with Gasteiger partial charge in [0, 0.05) is 5.56 Å². The summed E-state index contributed by atoms with van der Waals surface area (Å²) in [7, 11) is 0. The molecule has 1 saturated carbocycles. The molecule has 0 saturated heterocycles. The Morgan fingerprint density at radius 3 is 2.35 bits per heavy atom. The molecule has 1 aliphatic carbocycles. The summed E-state index contributed by atoms with van der Waals surface area (Å²) in [6, 6.07) is 3.67. The van der Waals surface area contributed by atoms with Crippen LogP contribution in [0.1, 0.15) is 42.4 Å². The van der Waals surface area contributed by atoms with Gasteiger partial charge in [0.1, 0.15) is 5.75 Å². The molecule has 2 rings (SSSR count). The van der Waals surface area contributed by atoms with Gasteiger partial charge in [-0.2, -0.15) is 0 Å². The maximum absolute atomic E-state index is 11.6. The molecule has 1 aliphatic rings. The quantitative estimate of drug-likeness (QED) is 0.827. The third kappa shape index (κ3) is 1.70. The van der Waals surface area contributed by atoms with E-state index in [2.05, 4.69) is 0 Å². The Morgan fingerprint density at radius 2 is 1.82 bits per heavy atom. The average Bonchev–Trinajstić information content (AvgIpc) is 2.76. The van der Waals surface area contributed by atoms with Crippen LogP contribution in [-0.2, 0) is 10.2 Å². The van der Waals surface area contributed by atoms with E-state index < -0.39 is 11.4 Å². The minimum absolute atomic E-state index is 0.161. The number of hydrogen-bond acceptors (Lipinski definition) is 2. The van der Waals surface area contributed by atoms with Gasteiger partial charge in [0.2, 0.25) is 0 Å². The number of benzene rings is 1. The van der Waals surface area contributed by atoms with Crippen molar-refractivity contribution in [1.29, 1.82) is 0 Å². The van der Waals surface area contributed by atoms with Gasteiger partial charge >= 0.3 is 5.97 Å². The van der Waals surface area contributed by atoms with Crippen molar-refractivity contribution in [3.8, 4) is 5.75 Å².